The normalized spacial score (nSPS) is 13.8. The van der Waals surface area contributed by atoms with Crippen molar-refractivity contribution in [3.8, 4) is 11.1 Å². The molecule has 2 aromatic carbocycles. The summed E-state index contributed by atoms with van der Waals surface area (Å²) in [6.45, 7) is 9.00. The van der Waals surface area contributed by atoms with Crippen LogP contribution in [0.25, 0.3) is 11.1 Å². The summed E-state index contributed by atoms with van der Waals surface area (Å²) in [6, 6.07) is 15.1. The lowest BCUT2D eigenvalue weighted by Gasteiger charge is -2.21. The zero-order valence-electron chi connectivity index (χ0n) is 12.6. The number of nitrogens with one attached hydrogen (secondary N) is 1. The maximum atomic E-state index is 3.88. The van der Waals surface area contributed by atoms with Crippen molar-refractivity contribution in [1.29, 1.82) is 0 Å². The highest BCUT2D eigenvalue weighted by atomic mass is 15.3. The molecule has 0 amide bonds. The fourth-order valence-corrected chi connectivity index (χ4v) is 2.92. The summed E-state index contributed by atoms with van der Waals surface area (Å²) in [7, 11) is 0. The molecule has 0 saturated carbocycles. The summed E-state index contributed by atoms with van der Waals surface area (Å²) >= 11 is 0. The standard InChI is InChI=1S/C19H20N2/c1-4-17-12-20-13-21(17)18-10-6-9-16(11-18)19-14(2)7-5-8-15(19)3/h4-12,20H,1,13H2,2-3H3. The molecule has 1 aliphatic rings. The molecule has 0 radical (unpaired) electrons. The maximum absolute atomic E-state index is 3.88. The predicted octanol–water partition coefficient (Wildman–Crippen LogP) is 4.36. The highest BCUT2D eigenvalue weighted by Crippen LogP contribution is 2.31. The second-order valence-electron chi connectivity index (χ2n) is 5.38. The van der Waals surface area contributed by atoms with Gasteiger partial charge < -0.3 is 10.2 Å². The molecule has 1 N–H and O–H groups in total. The summed E-state index contributed by atoms with van der Waals surface area (Å²) in [4.78, 5) is 2.23. The van der Waals surface area contributed by atoms with Crippen molar-refractivity contribution >= 4 is 5.69 Å². The van der Waals surface area contributed by atoms with Gasteiger partial charge in [-0.05, 0) is 54.3 Å². The van der Waals surface area contributed by atoms with Crippen LogP contribution in [0.3, 0.4) is 0 Å². The molecule has 2 heteroatoms. The van der Waals surface area contributed by atoms with Gasteiger partial charge in [0.15, 0.2) is 0 Å². The van der Waals surface area contributed by atoms with Crippen molar-refractivity contribution in [3.05, 3.63) is 78.1 Å². The fourth-order valence-electron chi connectivity index (χ4n) is 2.92. The second-order valence-corrected chi connectivity index (χ2v) is 5.38. The minimum absolute atomic E-state index is 0.789. The second kappa shape index (κ2) is 5.49. The van der Waals surface area contributed by atoms with Crippen LogP contribution >= 0.6 is 0 Å². The summed E-state index contributed by atoms with van der Waals surface area (Å²) in [5.74, 6) is 0. The topological polar surface area (TPSA) is 15.3 Å². The number of hydrogen-bond donors (Lipinski definition) is 1. The number of nitrogens with zero attached hydrogens (tertiary/aromatic N) is 1. The van der Waals surface area contributed by atoms with Crippen molar-refractivity contribution < 1.29 is 0 Å². The monoisotopic (exact) mass is 276 g/mol. The Morgan fingerprint density at radius 2 is 1.81 bits per heavy atom. The summed E-state index contributed by atoms with van der Waals surface area (Å²) in [5, 5.41) is 3.25. The van der Waals surface area contributed by atoms with Gasteiger partial charge in [-0.3, -0.25) is 0 Å². The summed E-state index contributed by atoms with van der Waals surface area (Å²) in [5.41, 5.74) is 7.51. The Bertz CT molecular complexity index is 693. The van der Waals surface area contributed by atoms with Gasteiger partial charge >= 0.3 is 0 Å². The summed E-state index contributed by atoms with van der Waals surface area (Å²) < 4.78 is 0. The van der Waals surface area contributed by atoms with E-state index in [0.29, 0.717) is 0 Å². The molecule has 0 aromatic heterocycles. The van der Waals surface area contributed by atoms with E-state index in [1.165, 1.54) is 27.9 Å². The van der Waals surface area contributed by atoms with Gasteiger partial charge in [0.05, 0.1) is 12.4 Å². The smallest absolute Gasteiger partial charge is 0.0922 e. The first-order valence-corrected chi connectivity index (χ1v) is 7.21. The Morgan fingerprint density at radius 1 is 1.10 bits per heavy atom. The van der Waals surface area contributed by atoms with Crippen LogP contribution in [0.2, 0.25) is 0 Å². The Balaban J connectivity index is 2.05. The van der Waals surface area contributed by atoms with Gasteiger partial charge in [0.2, 0.25) is 0 Å². The number of rotatable bonds is 3. The Labute approximate surface area is 126 Å². The highest BCUT2D eigenvalue weighted by molar-refractivity contribution is 5.75. The van der Waals surface area contributed by atoms with E-state index in [0.717, 1.165) is 12.4 Å². The minimum atomic E-state index is 0.789. The quantitative estimate of drug-likeness (QED) is 0.895. The molecular weight excluding hydrogens is 256 g/mol. The van der Waals surface area contributed by atoms with Crippen LogP contribution < -0.4 is 10.2 Å². The van der Waals surface area contributed by atoms with Crippen LogP contribution in [-0.4, -0.2) is 6.67 Å². The maximum Gasteiger partial charge on any atom is 0.0922 e. The van der Waals surface area contributed by atoms with E-state index in [1.54, 1.807) is 0 Å². The molecule has 1 aliphatic heterocycles. The van der Waals surface area contributed by atoms with Crippen LogP contribution in [0.15, 0.2) is 67.0 Å². The zero-order valence-corrected chi connectivity index (χ0v) is 12.6. The molecule has 0 fully saturated rings. The van der Waals surface area contributed by atoms with Crippen molar-refractivity contribution in [3.63, 3.8) is 0 Å². The Morgan fingerprint density at radius 3 is 2.52 bits per heavy atom. The number of aryl methyl sites for hydroxylation is 2. The molecule has 0 bridgehead atoms. The molecule has 0 aliphatic carbocycles. The lowest BCUT2D eigenvalue weighted by atomic mass is 9.95. The van der Waals surface area contributed by atoms with Gasteiger partial charge in [-0.25, -0.2) is 0 Å². The SMILES string of the molecule is C=CC1=CNCN1c1cccc(-c2c(C)cccc2C)c1. The van der Waals surface area contributed by atoms with Gasteiger partial charge in [0.1, 0.15) is 0 Å². The molecule has 3 rings (SSSR count). The van der Waals surface area contributed by atoms with Gasteiger partial charge in [0, 0.05) is 11.9 Å². The van der Waals surface area contributed by atoms with E-state index in [4.69, 9.17) is 0 Å². The van der Waals surface area contributed by atoms with Crippen LogP contribution in [-0.2, 0) is 0 Å². The van der Waals surface area contributed by atoms with E-state index >= 15 is 0 Å². The van der Waals surface area contributed by atoms with Crippen molar-refractivity contribution in [2.75, 3.05) is 11.6 Å². The Kier molecular flexibility index (Phi) is 3.53. The molecule has 106 valence electrons. The van der Waals surface area contributed by atoms with E-state index in [-0.39, 0.29) is 0 Å². The lowest BCUT2D eigenvalue weighted by molar-refractivity contribution is 0.893. The van der Waals surface area contributed by atoms with Crippen molar-refractivity contribution in [1.82, 2.24) is 5.32 Å². The van der Waals surface area contributed by atoms with E-state index in [2.05, 4.69) is 73.1 Å². The van der Waals surface area contributed by atoms with Crippen LogP contribution in [0.1, 0.15) is 11.1 Å². The molecule has 1 heterocycles. The first-order chi connectivity index (χ1) is 10.2. The third-order valence-electron chi connectivity index (χ3n) is 3.95. The van der Waals surface area contributed by atoms with E-state index in [1.807, 2.05) is 12.3 Å². The van der Waals surface area contributed by atoms with Crippen molar-refractivity contribution in [2.45, 2.75) is 13.8 Å². The molecule has 21 heavy (non-hydrogen) atoms. The van der Waals surface area contributed by atoms with E-state index < -0.39 is 0 Å². The third-order valence-corrected chi connectivity index (χ3v) is 3.95. The van der Waals surface area contributed by atoms with Crippen LogP contribution in [0.5, 0.6) is 0 Å². The zero-order chi connectivity index (χ0) is 14.8. The van der Waals surface area contributed by atoms with Crippen LogP contribution in [0.4, 0.5) is 5.69 Å². The average molecular weight is 276 g/mol. The molecule has 0 atom stereocenters. The number of benzene rings is 2. The molecule has 2 aromatic rings. The first kappa shape index (κ1) is 13.5. The van der Waals surface area contributed by atoms with Gasteiger partial charge in [-0.2, -0.15) is 0 Å². The number of anilines is 1. The first-order valence-electron chi connectivity index (χ1n) is 7.21. The van der Waals surface area contributed by atoms with Gasteiger partial charge in [-0.15, -0.1) is 0 Å². The molecular formula is C19H20N2. The fraction of sp³-hybridized carbons (Fsp3) is 0.158. The van der Waals surface area contributed by atoms with E-state index in [9.17, 15) is 0 Å². The van der Waals surface area contributed by atoms with Crippen molar-refractivity contribution in [2.24, 2.45) is 0 Å². The Hall–Kier alpha value is -2.48. The minimum Gasteiger partial charge on any atom is -0.372 e. The molecule has 0 saturated heterocycles. The molecule has 0 unspecified atom stereocenters. The van der Waals surface area contributed by atoms with Gasteiger partial charge in [-0.1, -0.05) is 36.9 Å². The van der Waals surface area contributed by atoms with Crippen LogP contribution in [0, 0.1) is 13.8 Å². The lowest BCUT2D eigenvalue weighted by Crippen LogP contribution is -2.22. The molecule has 2 nitrogen and oxygen atoms in total. The number of hydrogen-bond acceptors (Lipinski definition) is 2. The average Bonchev–Trinajstić information content (AvgIpc) is 2.96. The third kappa shape index (κ3) is 2.45. The molecule has 0 spiro atoms. The highest BCUT2D eigenvalue weighted by Gasteiger charge is 2.15. The summed E-state index contributed by atoms with van der Waals surface area (Å²) in [6.07, 6.45) is 3.88. The van der Waals surface area contributed by atoms with Gasteiger partial charge in [0.25, 0.3) is 0 Å². The number of allylic oxidation sites excluding steroid dienone is 1. The largest absolute Gasteiger partial charge is 0.372 e. The predicted molar refractivity (Wildman–Crippen MR) is 90.1 cm³/mol.